The van der Waals surface area contributed by atoms with Gasteiger partial charge in [0, 0.05) is 23.9 Å². The van der Waals surface area contributed by atoms with Crippen molar-refractivity contribution in [2.45, 2.75) is 6.54 Å². The molecule has 120 valence electrons. The molecule has 0 atom stereocenters. The minimum absolute atomic E-state index is 0.149. The van der Waals surface area contributed by atoms with Crippen molar-refractivity contribution in [1.82, 2.24) is 0 Å². The summed E-state index contributed by atoms with van der Waals surface area (Å²) in [5.41, 5.74) is 1.78. The Balaban J connectivity index is 0.000000379. The normalized spacial score (nSPS) is 9.22. The minimum Gasteiger partial charge on any atom is -0.473 e. The van der Waals surface area contributed by atoms with Gasteiger partial charge in [0.15, 0.2) is 0 Å². The van der Waals surface area contributed by atoms with Crippen LogP contribution in [0.25, 0.3) is 0 Å². The van der Waals surface area contributed by atoms with Gasteiger partial charge in [0.25, 0.3) is 5.69 Å². The highest BCUT2D eigenvalue weighted by Gasteiger charge is 2.11. The van der Waals surface area contributed by atoms with E-state index in [0.29, 0.717) is 12.1 Å². The fourth-order valence-electron chi connectivity index (χ4n) is 1.59. The number of anilines is 1. The highest BCUT2D eigenvalue weighted by molar-refractivity contribution is 6.27. The van der Waals surface area contributed by atoms with E-state index in [4.69, 9.17) is 19.8 Å². The lowest BCUT2D eigenvalue weighted by Crippen LogP contribution is -2.09. The molecule has 2 rings (SSSR count). The summed E-state index contributed by atoms with van der Waals surface area (Å²) in [5, 5.41) is 28.7. The average molecular weight is 318 g/mol. The van der Waals surface area contributed by atoms with Crippen LogP contribution < -0.4 is 5.32 Å². The molecule has 23 heavy (non-hydrogen) atoms. The standard InChI is InChI=1S/C13H12N2O2.C2H2O4/c16-15(17)13-9-5-4-6-11(13)10-14-12-7-2-1-3-8-12;3-1(4)2(5)6/h1-9,14H,10H2;(H,3,4)(H,5,6). The number of para-hydroxylation sites is 2. The van der Waals surface area contributed by atoms with Gasteiger partial charge in [-0.2, -0.15) is 0 Å². The van der Waals surface area contributed by atoms with Crippen LogP contribution in [0.15, 0.2) is 54.6 Å². The minimum atomic E-state index is -1.82. The van der Waals surface area contributed by atoms with E-state index in [1.165, 1.54) is 6.07 Å². The van der Waals surface area contributed by atoms with Gasteiger partial charge in [-0.25, -0.2) is 9.59 Å². The van der Waals surface area contributed by atoms with E-state index in [2.05, 4.69) is 5.32 Å². The van der Waals surface area contributed by atoms with Crippen molar-refractivity contribution >= 4 is 23.3 Å². The molecule has 8 heteroatoms. The number of nitro groups is 1. The Hall–Kier alpha value is -3.42. The quantitative estimate of drug-likeness (QED) is 0.448. The third-order valence-electron chi connectivity index (χ3n) is 2.63. The lowest BCUT2D eigenvalue weighted by molar-refractivity contribution is -0.385. The van der Waals surface area contributed by atoms with Crippen LogP contribution in [0.3, 0.4) is 0 Å². The molecule has 0 aliphatic carbocycles. The maximum absolute atomic E-state index is 10.8. The summed E-state index contributed by atoms with van der Waals surface area (Å²) in [6, 6.07) is 16.4. The predicted octanol–water partition coefficient (Wildman–Crippen LogP) is 2.36. The second-order valence-corrected chi connectivity index (χ2v) is 4.22. The van der Waals surface area contributed by atoms with Crippen LogP contribution in [0.1, 0.15) is 5.56 Å². The van der Waals surface area contributed by atoms with Gasteiger partial charge >= 0.3 is 11.9 Å². The van der Waals surface area contributed by atoms with Crippen molar-refractivity contribution in [2.24, 2.45) is 0 Å². The van der Waals surface area contributed by atoms with Crippen molar-refractivity contribution in [1.29, 1.82) is 0 Å². The summed E-state index contributed by atoms with van der Waals surface area (Å²) >= 11 is 0. The van der Waals surface area contributed by atoms with Crippen LogP contribution in [0.2, 0.25) is 0 Å². The molecular formula is C15H14N2O6. The van der Waals surface area contributed by atoms with Crippen molar-refractivity contribution in [3.8, 4) is 0 Å². The van der Waals surface area contributed by atoms with E-state index < -0.39 is 11.9 Å². The number of hydrogen-bond donors (Lipinski definition) is 3. The van der Waals surface area contributed by atoms with Crippen LogP contribution in [0, 0.1) is 10.1 Å². The molecule has 2 aromatic rings. The summed E-state index contributed by atoms with van der Waals surface area (Å²) in [7, 11) is 0. The van der Waals surface area contributed by atoms with Crippen LogP contribution in [0.5, 0.6) is 0 Å². The Labute approximate surface area is 131 Å². The molecule has 3 N–H and O–H groups in total. The summed E-state index contributed by atoms with van der Waals surface area (Å²) in [6.45, 7) is 0.446. The molecule has 0 aromatic heterocycles. The number of carboxylic acids is 2. The molecule has 8 nitrogen and oxygen atoms in total. The molecule has 0 bridgehead atoms. The third-order valence-corrected chi connectivity index (χ3v) is 2.63. The number of rotatable bonds is 4. The predicted molar refractivity (Wildman–Crippen MR) is 82.1 cm³/mol. The number of benzene rings is 2. The molecule has 0 radical (unpaired) electrons. The maximum Gasteiger partial charge on any atom is 0.414 e. The summed E-state index contributed by atoms with van der Waals surface area (Å²) < 4.78 is 0. The molecular weight excluding hydrogens is 304 g/mol. The van der Waals surface area contributed by atoms with Gasteiger partial charge in [0.2, 0.25) is 0 Å². The summed E-state index contributed by atoms with van der Waals surface area (Å²) in [5.74, 6) is -3.65. The third kappa shape index (κ3) is 6.25. The molecule has 0 fully saturated rings. The molecule has 0 unspecified atom stereocenters. The van der Waals surface area contributed by atoms with Crippen LogP contribution in [-0.4, -0.2) is 27.1 Å². The van der Waals surface area contributed by atoms with E-state index in [1.54, 1.807) is 18.2 Å². The van der Waals surface area contributed by atoms with Gasteiger partial charge < -0.3 is 15.5 Å². The Morgan fingerprint density at radius 2 is 1.48 bits per heavy atom. The molecule has 0 amide bonds. The molecule has 0 aliphatic heterocycles. The van der Waals surface area contributed by atoms with E-state index in [-0.39, 0.29) is 10.6 Å². The van der Waals surface area contributed by atoms with Gasteiger partial charge in [-0.05, 0) is 12.1 Å². The van der Waals surface area contributed by atoms with Crippen LogP contribution in [-0.2, 0) is 16.1 Å². The second kappa shape index (κ2) is 8.78. The summed E-state index contributed by atoms with van der Waals surface area (Å²) in [4.78, 5) is 28.7. The molecule has 0 aliphatic rings. The van der Waals surface area contributed by atoms with Crippen molar-refractivity contribution in [2.75, 3.05) is 5.32 Å². The zero-order chi connectivity index (χ0) is 17.2. The average Bonchev–Trinajstić information content (AvgIpc) is 2.54. The van der Waals surface area contributed by atoms with Gasteiger partial charge in [0.05, 0.1) is 4.92 Å². The van der Waals surface area contributed by atoms with Gasteiger partial charge in [-0.1, -0.05) is 36.4 Å². The number of carboxylic acid groups (broad SMARTS) is 2. The SMILES string of the molecule is O=C(O)C(=O)O.O=[N+]([O-])c1ccccc1CNc1ccccc1. The first-order chi connectivity index (χ1) is 10.9. The fourth-order valence-corrected chi connectivity index (χ4v) is 1.59. The van der Waals surface area contributed by atoms with E-state index in [9.17, 15) is 10.1 Å². The lowest BCUT2D eigenvalue weighted by atomic mass is 10.2. The first-order valence-electron chi connectivity index (χ1n) is 6.39. The monoisotopic (exact) mass is 318 g/mol. The Morgan fingerprint density at radius 1 is 0.957 bits per heavy atom. The molecule has 0 saturated carbocycles. The number of nitrogens with zero attached hydrogens (tertiary/aromatic N) is 1. The van der Waals surface area contributed by atoms with Crippen LogP contribution >= 0.6 is 0 Å². The first kappa shape index (κ1) is 17.6. The van der Waals surface area contributed by atoms with E-state index in [0.717, 1.165) is 5.69 Å². The number of carbonyl (C=O) groups is 2. The topological polar surface area (TPSA) is 130 Å². The van der Waals surface area contributed by atoms with Crippen molar-refractivity contribution < 1.29 is 24.7 Å². The largest absolute Gasteiger partial charge is 0.473 e. The first-order valence-corrected chi connectivity index (χ1v) is 6.39. The zero-order valence-electron chi connectivity index (χ0n) is 11.9. The van der Waals surface area contributed by atoms with Crippen molar-refractivity contribution in [3.05, 3.63) is 70.3 Å². The van der Waals surface area contributed by atoms with E-state index >= 15 is 0 Å². The summed E-state index contributed by atoms with van der Waals surface area (Å²) in [6.07, 6.45) is 0. The smallest absolute Gasteiger partial charge is 0.414 e. The molecule has 0 spiro atoms. The number of aliphatic carboxylic acids is 2. The number of nitro benzene ring substituents is 1. The molecule has 0 saturated heterocycles. The molecule has 2 aromatic carbocycles. The fraction of sp³-hybridized carbons (Fsp3) is 0.0667. The van der Waals surface area contributed by atoms with Crippen molar-refractivity contribution in [3.63, 3.8) is 0 Å². The second-order valence-electron chi connectivity index (χ2n) is 4.22. The van der Waals surface area contributed by atoms with Crippen LogP contribution in [0.4, 0.5) is 11.4 Å². The van der Waals surface area contributed by atoms with Gasteiger partial charge in [0.1, 0.15) is 0 Å². The number of hydrogen-bond acceptors (Lipinski definition) is 5. The highest BCUT2D eigenvalue weighted by atomic mass is 16.6. The Morgan fingerprint density at radius 3 is 2.00 bits per heavy atom. The van der Waals surface area contributed by atoms with Gasteiger partial charge in [-0.3, -0.25) is 10.1 Å². The van der Waals surface area contributed by atoms with E-state index in [1.807, 2.05) is 30.3 Å². The molecule has 0 heterocycles. The Bertz CT molecular complexity index is 675. The maximum atomic E-state index is 10.8. The van der Waals surface area contributed by atoms with Gasteiger partial charge in [-0.15, -0.1) is 0 Å². The zero-order valence-corrected chi connectivity index (χ0v) is 11.9. The highest BCUT2D eigenvalue weighted by Crippen LogP contribution is 2.18. The number of nitrogens with one attached hydrogen (secondary N) is 1. The Kier molecular flexibility index (Phi) is 6.73. The lowest BCUT2D eigenvalue weighted by Gasteiger charge is -2.06.